The van der Waals surface area contributed by atoms with E-state index in [0.29, 0.717) is 5.92 Å². The number of rotatable bonds is 5. The van der Waals surface area contributed by atoms with Gasteiger partial charge in [0.2, 0.25) is 15.9 Å². The summed E-state index contributed by atoms with van der Waals surface area (Å²) in [5, 5.41) is 6.44. The predicted molar refractivity (Wildman–Crippen MR) is 101 cm³/mol. The maximum absolute atomic E-state index is 12.9. The van der Waals surface area contributed by atoms with E-state index >= 15 is 0 Å². The number of anilines is 1. The molecule has 8 heteroatoms. The lowest BCUT2D eigenvalue weighted by atomic mass is 9.67. The molecule has 140 valence electrons. The van der Waals surface area contributed by atoms with Crippen molar-refractivity contribution in [3.8, 4) is 0 Å². The summed E-state index contributed by atoms with van der Waals surface area (Å²) in [4.78, 5) is 12.9. The van der Waals surface area contributed by atoms with Crippen LogP contribution >= 0.6 is 12.4 Å². The average molecular weight is 388 g/mol. The number of hydrogen-bond acceptors (Lipinski definition) is 4. The van der Waals surface area contributed by atoms with E-state index in [9.17, 15) is 13.2 Å². The SMILES string of the molecule is CS(=O)(=O)NCc1ccc(NC(=O)[C@@]23CCCC[C@H]2CNC3)cc1.Cl. The second-order valence-electron chi connectivity index (χ2n) is 6.97. The van der Waals surface area contributed by atoms with Crippen molar-refractivity contribution in [3.63, 3.8) is 0 Å². The monoisotopic (exact) mass is 387 g/mol. The van der Waals surface area contributed by atoms with Crippen LogP contribution in [-0.2, 0) is 21.4 Å². The number of halogens is 1. The van der Waals surface area contributed by atoms with Crippen molar-refractivity contribution in [3.05, 3.63) is 29.8 Å². The highest BCUT2D eigenvalue weighted by Crippen LogP contribution is 2.44. The number of amides is 1. The largest absolute Gasteiger partial charge is 0.326 e. The van der Waals surface area contributed by atoms with Gasteiger partial charge in [-0.05, 0) is 43.0 Å². The Balaban J connectivity index is 0.00000225. The highest BCUT2D eigenvalue weighted by molar-refractivity contribution is 7.88. The second-order valence-corrected chi connectivity index (χ2v) is 8.81. The van der Waals surface area contributed by atoms with Gasteiger partial charge in [0.1, 0.15) is 0 Å². The molecule has 2 fully saturated rings. The lowest BCUT2D eigenvalue weighted by Gasteiger charge is -2.37. The number of hydrogen-bond donors (Lipinski definition) is 3. The third kappa shape index (κ3) is 4.73. The summed E-state index contributed by atoms with van der Waals surface area (Å²) in [6.07, 6.45) is 5.53. The van der Waals surface area contributed by atoms with Crippen LogP contribution in [0.3, 0.4) is 0 Å². The van der Waals surface area contributed by atoms with Crippen LogP contribution < -0.4 is 15.4 Å². The van der Waals surface area contributed by atoms with Crippen LogP contribution in [0.4, 0.5) is 5.69 Å². The highest BCUT2D eigenvalue weighted by Gasteiger charge is 2.49. The fraction of sp³-hybridized carbons (Fsp3) is 0.588. The molecule has 1 aromatic carbocycles. The third-order valence-electron chi connectivity index (χ3n) is 5.24. The van der Waals surface area contributed by atoms with Gasteiger partial charge in [-0.1, -0.05) is 25.0 Å². The van der Waals surface area contributed by atoms with E-state index in [1.807, 2.05) is 24.3 Å². The first kappa shape index (κ1) is 20.2. The molecule has 1 aliphatic heterocycles. The molecule has 1 aromatic rings. The Bertz CT molecular complexity index is 708. The summed E-state index contributed by atoms with van der Waals surface area (Å²) >= 11 is 0. The number of nitrogens with one attached hydrogen (secondary N) is 3. The van der Waals surface area contributed by atoms with E-state index < -0.39 is 10.0 Å². The van der Waals surface area contributed by atoms with Crippen LogP contribution in [-0.4, -0.2) is 33.7 Å². The molecule has 1 saturated carbocycles. The van der Waals surface area contributed by atoms with Crippen LogP contribution in [0.25, 0.3) is 0 Å². The van der Waals surface area contributed by atoms with Crippen molar-refractivity contribution in [2.45, 2.75) is 32.2 Å². The Morgan fingerprint density at radius 3 is 2.68 bits per heavy atom. The Labute approximate surface area is 155 Å². The molecule has 0 spiro atoms. The summed E-state index contributed by atoms with van der Waals surface area (Å²) in [5.74, 6) is 0.545. The average Bonchev–Trinajstić information content (AvgIpc) is 2.99. The third-order valence-corrected chi connectivity index (χ3v) is 5.91. The Morgan fingerprint density at radius 1 is 1.28 bits per heavy atom. The van der Waals surface area contributed by atoms with E-state index in [-0.39, 0.29) is 30.3 Å². The molecule has 0 bridgehead atoms. The fourth-order valence-electron chi connectivity index (χ4n) is 3.87. The van der Waals surface area contributed by atoms with Crippen molar-refractivity contribution >= 4 is 34.0 Å². The van der Waals surface area contributed by atoms with Gasteiger partial charge in [0.05, 0.1) is 11.7 Å². The molecule has 2 aliphatic rings. The van der Waals surface area contributed by atoms with Crippen LogP contribution in [0.2, 0.25) is 0 Å². The highest BCUT2D eigenvalue weighted by atomic mass is 35.5. The normalized spacial score (nSPS) is 25.7. The zero-order valence-electron chi connectivity index (χ0n) is 14.4. The minimum Gasteiger partial charge on any atom is -0.326 e. The zero-order chi connectivity index (χ0) is 17.2. The zero-order valence-corrected chi connectivity index (χ0v) is 16.0. The molecule has 1 heterocycles. The van der Waals surface area contributed by atoms with Crippen molar-refractivity contribution in [2.75, 3.05) is 24.7 Å². The van der Waals surface area contributed by atoms with Gasteiger partial charge in [-0.15, -0.1) is 12.4 Å². The smallest absolute Gasteiger partial charge is 0.232 e. The molecule has 25 heavy (non-hydrogen) atoms. The first-order valence-corrected chi connectivity index (χ1v) is 10.3. The van der Waals surface area contributed by atoms with Gasteiger partial charge in [-0.3, -0.25) is 4.79 Å². The lowest BCUT2D eigenvalue weighted by molar-refractivity contribution is -0.128. The summed E-state index contributed by atoms with van der Waals surface area (Å²) in [7, 11) is -3.20. The van der Waals surface area contributed by atoms with E-state index in [0.717, 1.165) is 49.9 Å². The quantitative estimate of drug-likeness (QED) is 0.719. The fourth-order valence-corrected chi connectivity index (χ4v) is 4.30. The number of fused-ring (bicyclic) bond motifs is 1. The van der Waals surface area contributed by atoms with Gasteiger partial charge in [0.25, 0.3) is 0 Å². The number of sulfonamides is 1. The first-order chi connectivity index (χ1) is 11.4. The lowest BCUT2D eigenvalue weighted by Crippen LogP contribution is -2.44. The van der Waals surface area contributed by atoms with E-state index in [1.165, 1.54) is 6.42 Å². The van der Waals surface area contributed by atoms with Gasteiger partial charge < -0.3 is 10.6 Å². The molecule has 1 saturated heterocycles. The van der Waals surface area contributed by atoms with Gasteiger partial charge >= 0.3 is 0 Å². The van der Waals surface area contributed by atoms with Crippen LogP contribution in [0.1, 0.15) is 31.2 Å². The molecule has 6 nitrogen and oxygen atoms in total. The van der Waals surface area contributed by atoms with Crippen molar-refractivity contribution in [1.29, 1.82) is 0 Å². The predicted octanol–water partition coefficient (Wildman–Crippen LogP) is 1.88. The summed E-state index contributed by atoms with van der Waals surface area (Å²) in [6.45, 7) is 1.95. The van der Waals surface area contributed by atoms with E-state index in [2.05, 4.69) is 15.4 Å². The summed E-state index contributed by atoms with van der Waals surface area (Å²) in [6, 6.07) is 7.31. The van der Waals surface area contributed by atoms with Gasteiger partial charge in [-0.25, -0.2) is 13.1 Å². The molecule has 0 aromatic heterocycles. The molecular weight excluding hydrogens is 362 g/mol. The van der Waals surface area contributed by atoms with Crippen LogP contribution in [0.15, 0.2) is 24.3 Å². The molecule has 0 unspecified atom stereocenters. The van der Waals surface area contributed by atoms with Gasteiger partial charge in [-0.2, -0.15) is 0 Å². The molecular formula is C17H26ClN3O3S. The van der Waals surface area contributed by atoms with Crippen LogP contribution in [0.5, 0.6) is 0 Å². The van der Waals surface area contributed by atoms with Crippen molar-refractivity contribution in [1.82, 2.24) is 10.0 Å². The Kier molecular flexibility index (Phi) is 6.48. The van der Waals surface area contributed by atoms with Crippen molar-refractivity contribution in [2.24, 2.45) is 11.3 Å². The van der Waals surface area contributed by atoms with Crippen LogP contribution in [0, 0.1) is 11.3 Å². The minimum atomic E-state index is -3.20. The summed E-state index contributed by atoms with van der Waals surface area (Å²) < 4.78 is 24.7. The van der Waals surface area contributed by atoms with Gasteiger partial charge in [0, 0.05) is 18.8 Å². The minimum absolute atomic E-state index is 0. The molecule has 0 radical (unpaired) electrons. The second kappa shape index (κ2) is 8.03. The van der Waals surface area contributed by atoms with E-state index in [1.54, 1.807) is 0 Å². The Morgan fingerprint density at radius 2 is 2.00 bits per heavy atom. The maximum Gasteiger partial charge on any atom is 0.232 e. The number of benzene rings is 1. The molecule has 1 amide bonds. The molecule has 1 aliphatic carbocycles. The topological polar surface area (TPSA) is 87.3 Å². The van der Waals surface area contributed by atoms with E-state index in [4.69, 9.17) is 0 Å². The summed E-state index contributed by atoms with van der Waals surface area (Å²) in [5.41, 5.74) is 1.35. The molecule has 3 N–H and O–H groups in total. The first-order valence-electron chi connectivity index (χ1n) is 8.45. The number of carbonyl (C=O) groups excluding carboxylic acids is 1. The maximum atomic E-state index is 12.9. The van der Waals surface area contributed by atoms with Crippen molar-refractivity contribution < 1.29 is 13.2 Å². The Hall–Kier alpha value is -1.15. The standard InChI is InChI=1S/C17H25N3O3S.ClH/c1-24(22,23)19-10-13-5-7-15(8-6-13)20-16(21)17-9-3-2-4-14(17)11-18-12-17;/h5-8,14,18-19H,2-4,9-12H2,1H3,(H,20,21);1H/t14-,17+;/m0./s1. The number of carbonyl (C=O) groups is 1. The molecule has 2 atom stereocenters. The van der Waals surface area contributed by atoms with Gasteiger partial charge in [0.15, 0.2) is 0 Å². The molecule has 3 rings (SSSR count).